The number of amides is 8. The number of guanidine groups is 1. The van der Waals surface area contributed by atoms with Gasteiger partial charge in [-0.1, -0.05) is 152 Å². The van der Waals surface area contributed by atoms with Gasteiger partial charge >= 0.3 is 0 Å². The van der Waals surface area contributed by atoms with E-state index in [9.17, 15) is 89.1 Å². The number of fused-ring (bicyclic) bond motifs is 2. The first-order chi connectivity index (χ1) is 58.0. The number of rotatable bonds is 46. The molecule has 2 saturated heterocycles. The summed E-state index contributed by atoms with van der Waals surface area (Å²) in [5.74, 6) is -5.18. The second-order valence-electron chi connectivity index (χ2n) is 31.9. The van der Waals surface area contributed by atoms with E-state index in [1.807, 2.05) is 31.2 Å². The first-order valence-corrected chi connectivity index (χ1v) is 43.2. The van der Waals surface area contributed by atoms with Gasteiger partial charge < -0.3 is 122 Å². The molecule has 3 aromatic rings. The molecule has 6 rings (SSSR count). The summed E-state index contributed by atoms with van der Waals surface area (Å²) in [6, 6.07) is 4.00. The number of nitrogens with one attached hydrogen (secondary N) is 14. The first kappa shape index (κ1) is 103. The Labute approximate surface area is 710 Å². The fraction of sp³-hybridized carbons (Fsp3) is 0.687. The average molecular weight is 1710 g/mol. The number of aliphatic hydroxyl groups excluding tert-OH is 9. The predicted octanol–water partition coefficient (Wildman–Crippen LogP) is -2.71. The number of Topliss-reactive ketones (excluding diaryl/α,β-unsaturated/α-hetero) is 1. The van der Waals surface area contributed by atoms with E-state index in [0.717, 1.165) is 42.1 Å². The topological polar surface area (TPSA) is 628 Å². The van der Waals surface area contributed by atoms with E-state index < -0.39 is 158 Å². The van der Waals surface area contributed by atoms with Crippen molar-refractivity contribution in [3.05, 3.63) is 83.8 Å². The largest absolute Gasteiger partial charge is 0.395 e. The van der Waals surface area contributed by atoms with Crippen LogP contribution in [-0.2, 0) is 56.0 Å². The van der Waals surface area contributed by atoms with Gasteiger partial charge in [0.1, 0.15) is 49.3 Å². The van der Waals surface area contributed by atoms with Crippen LogP contribution in [0.25, 0.3) is 10.9 Å². The number of aromatic nitrogens is 1. The third-order valence-corrected chi connectivity index (χ3v) is 21.8. The second-order valence-corrected chi connectivity index (χ2v) is 31.9. The summed E-state index contributed by atoms with van der Waals surface area (Å²) in [5.41, 5.74) is 26.1. The number of H-pyrrole nitrogens is 1. The zero-order chi connectivity index (χ0) is 88.8. The van der Waals surface area contributed by atoms with Crippen LogP contribution < -0.4 is 92.1 Å². The number of aliphatic hydroxyl groups is 9. The van der Waals surface area contributed by atoms with Crippen LogP contribution in [0, 0.1) is 0 Å². The molecule has 38 heteroatoms. The van der Waals surface area contributed by atoms with E-state index >= 15 is 0 Å². The molecule has 8 amide bonds. The summed E-state index contributed by atoms with van der Waals surface area (Å²) in [4.78, 5) is 127. The van der Waals surface area contributed by atoms with Crippen LogP contribution in [0.5, 0.6) is 0 Å². The average Bonchev–Trinajstić information content (AvgIpc) is 1.70. The number of aromatic amines is 1. The molecule has 0 aliphatic carbocycles. The molecule has 31 N–H and O–H groups in total. The lowest BCUT2D eigenvalue weighted by molar-refractivity contribution is -0.136. The van der Waals surface area contributed by atoms with Gasteiger partial charge in [0.2, 0.25) is 47.3 Å². The minimum absolute atomic E-state index is 0.00747. The van der Waals surface area contributed by atoms with Crippen LogP contribution >= 0.6 is 0 Å². The quantitative estimate of drug-likeness (QED) is 0.0118. The third kappa shape index (κ3) is 38.4. The number of ketones is 1. The lowest BCUT2D eigenvalue weighted by Crippen LogP contribution is -2.64. The van der Waals surface area contributed by atoms with Gasteiger partial charge in [0.05, 0.1) is 80.9 Å². The summed E-state index contributed by atoms with van der Waals surface area (Å²) in [7, 11) is 0. The number of unbranched alkanes of at least 4 members (excludes halogenated alkanes) is 13. The van der Waals surface area contributed by atoms with Crippen molar-refractivity contribution in [1.29, 1.82) is 0 Å². The molecule has 0 bridgehead atoms. The zero-order valence-electron chi connectivity index (χ0n) is 70.9. The Morgan fingerprint density at radius 3 is 1.92 bits per heavy atom. The summed E-state index contributed by atoms with van der Waals surface area (Å²) in [5, 5.41) is 134. The van der Waals surface area contributed by atoms with Crippen LogP contribution in [-0.4, -0.2) is 271 Å². The van der Waals surface area contributed by atoms with Crippen LogP contribution in [0.15, 0.2) is 77.7 Å². The molecule has 4 heterocycles. The lowest BCUT2D eigenvalue weighted by Gasteiger charge is -2.35. The number of primary amides is 1. The fourth-order valence-corrected chi connectivity index (χ4v) is 14.7. The molecule has 1 unspecified atom stereocenters. The molecule has 3 aliphatic rings. The Hall–Kier alpha value is -8.58. The molecule has 18 atom stereocenters. The van der Waals surface area contributed by atoms with Crippen LogP contribution in [0.2, 0.25) is 0 Å². The Bertz CT molecular complexity index is 3640. The van der Waals surface area contributed by atoms with Crippen LogP contribution in [0.3, 0.4) is 0 Å². The number of benzene rings is 2. The van der Waals surface area contributed by atoms with E-state index in [1.54, 1.807) is 42.7 Å². The van der Waals surface area contributed by atoms with Gasteiger partial charge in [-0.25, -0.2) is 0 Å². The normalized spacial score (nSPS) is 22.8. The van der Waals surface area contributed by atoms with Crippen molar-refractivity contribution in [2.75, 3.05) is 46.1 Å². The molecule has 0 spiro atoms. The molecule has 2 fully saturated rings. The number of carbonyl (C=O) groups is 9. The van der Waals surface area contributed by atoms with Crippen molar-refractivity contribution in [2.45, 2.75) is 317 Å². The van der Waals surface area contributed by atoms with Gasteiger partial charge in [-0.15, -0.1) is 0 Å². The molecule has 0 radical (unpaired) electrons. The standard InChI is InChI=1S/C42H62N12O8.C41H80N8O10/c43-28-15-16-35(56)47-17-7-6-13-30(36(44)57)50-39(60)33(20-25-22-49-29-12-5-4-11-27(25)29)52-37(58)31(14-8-18-48-42(45)46)51-38(59)32(19-24-9-2-1-3-10-24)53-40(61)34-21-26(55)23-54(34)41(28)62;1-5-7-9-10-11-12-13-14-15-16-17-18-19-21-35(54)43-24-36(55)45-33(25-50)39(57)48-34(26-51)40(58)47-32(22-30-23-42-27-44-30)38(56)49-37(29(4)53)41(59)46-31(28(3)52)20-8-6-2/h1-5,9-12,22,26,28,30-34,39,41,49-50,55,60,62H,6-8,13-21,23,43H2,(H2,44,57)(H,47,56)(H,51,59)(H,52,58)(H,53,61)(H4,45,46,48);23,29,31-34,37-40,42,44,47-51,53,56-58H,5-22,24-27H2,1-4H3,(H,43,54)(H,45,55)(H,46,59)/t26-,28+,30+,31+,32-,33+,34+,39+,41+;29?,31-,32-,33-,34-,37-,38-,39-,40-/m10/s1. The maximum Gasteiger partial charge on any atom is 0.243 e. The molecule has 3 aliphatic heterocycles. The van der Waals surface area contributed by atoms with Gasteiger partial charge in [-0.2, -0.15) is 0 Å². The SMILES string of the molecule is CCCCCCCCCCCCCCCC(=O)NCC(=O)N[C@@H](CO)[C@H](O)N[C@@H](CO)[C@H](O)N[C@@H](CC1=CNCN1)[C@H](O)N[C@H](C(=O)N[C@@H](CCCC)C(C)=O)C(C)O.NC(=O)[C@@H]1CCCCNC(=O)CC[C@H](N)[C@H](O)N2C[C@H](O)C[C@H]2C(=O)N[C@H](Cc2ccccc2)C(=O)N[C@@H](CCCN=C(N)N)C(=O)N[C@@H](Cc2c[nH]c3ccccc23)[C@H](O)N1. The highest BCUT2D eigenvalue weighted by Crippen LogP contribution is 2.25. The van der Waals surface area contributed by atoms with Gasteiger partial charge in [0.15, 0.2) is 11.7 Å². The lowest BCUT2D eigenvalue weighted by atomic mass is 10.0. The molecule has 0 saturated carbocycles. The number of hydrogen-bond acceptors (Lipinski definition) is 27. The number of para-hydroxylation sites is 1. The van der Waals surface area contributed by atoms with Crippen molar-refractivity contribution < 1.29 is 89.1 Å². The molecule has 38 nitrogen and oxygen atoms in total. The maximum absolute atomic E-state index is 14.4. The van der Waals surface area contributed by atoms with Crippen molar-refractivity contribution in [1.82, 2.24) is 79.0 Å². The van der Waals surface area contributed by atoms with Gasteiger partial charge in [0.25, 0.3) is 0 Å². The van der Waals surface area contributed by atoms with Crippen LogP contribution in [0.4, 0.5) is 0 Å². The van der Waals surface area contributed by atoms with E-state index in [0.29, 0.717) is 50.0 Å². The Balaban J connectivity index is 0.000000431. The maximum atomic E-state index is 14.4. The van der Waals surface area contributed by atoms with Gasteiger partial charge in [0, 0.05) is 80.4 Å². The molecular weight excluding hydrogens is 1570 g/mol. The number of nitrogens with zero attached hydrogens (tertiary/aromatic N) is 2. The summed E-state index contributed by atoms with van der Waals surface area (Å²) in [6.07, 6.45) is 12.4. The predicted molar refractivity (Wildman–Crippen MR) is 457 cm³/mol. The van der Waals surface area contributed by atoms with E-state index in [1.165, 1.54) is 76.5 Å². The fourth-order valence-electron chi connectivity index (χ4n) is 14.7. The monoisotopic (exact) mass is 1710 g/mol. The second kappa shape index (κ2) is 57.0. The highest BCUT2D eigenvalue weighted by atomic mass is 16.3. The van der Waals surface area contributed by atoms with Gasteiger partial charge in [-0.3, -0.25) is 74.3 Å². The Morgan fingerprint density at radius 1 is 0.669 bits per heavy atom. The Morgan fingerprint density at radius 2 is 1.29 bits per heavy atom. The minimum Gasteiger partial charge on any atom is -0.395 e. The van der Waals surface area contributed by atoms with Gasteiger partial charge in [-0.05, 0) is 95.2 Å². The van der Waals surface area contributed by atoms with Crippen molar-refractivity contribution in [2.24, 2.45) is 27.9 Å². The van der Waals surface area contributed by atoms with Crippen molar-refractivity contribution in [3.8, 4) is 0 Å². The highest BCUT2D eigenvalue weighted by Gasteiger charge is 2.43. The number of nitrogens with two attached hydrogens (primary N) is 4. The third-order valence-electron chi connectivity index (χ3n) is 21.8. The smallest absolute Gasteiger partial charge is 0.243 e. The molecular formula is C83H142N20O18. The number of carbonyl (C=O) groups excluding carboxylic acids is 9. The first-order valence-electron chi connectivity index (χ1n) is 43.2. The molecule has 2 aromatic carbocycles. The summed E-state index contributed by atoms with van der Waals surface area (Å²) in [6.45, 7) is 5.76. The molecule has 682 valence electrons. The summed E-state index contributed by atoms with van der Waals surface area (Å²) < 4.78 is 0. The molecule has 121 heavy (non-hydrogen) atoms. The number of hydrogen-bond donors (Lipinski definition) is 27. The van der Waals surface area contributed by atoms with Crippen LogP contribution in [0.1, 0.15) is 206 Å². The summed E-state index contributed by atoms with van der Waals surface area (Å²) >= 11 is 0. The van der Waals surface area contributed by atoms with E-state index in [4.69, 9.17) is 22.9 Å². The Kier molecular flexibility index (Phi) is 48.5. The van der Waals surface area contributed by atoms with E-state index in [2.05, 4.69) is 86.0 Å². The highest BCUT2D eigenvalue weighted by molar-refractivity contribution is 5.94. The number of aliphatic imine (C=N–C) groups is 1. The zero-order valence-corrected chi connectivity index (χ0v) is 70.9. The van der Waals surface area contributed by atoms with Crippen molar-refractivity contribution in [3.63, 3.8) is 0 Å². The van der Waals surface area contributed by atoms with E-state index in [-0.39, 0.29) is 114 Å². The molecule has 1 aromatic heterocycles. The van der Waals surface area contributed by atoms with Crippen molar-refractivity contribution >= 4 is 69.9 Å². The minimum atomic E-state index is -1.67.